The molecule has 31 heavy (non-hydrogen) atoms. The third-order valence-electron chi connectivity index (χ3n) is 4.85. The second-order valence-corrected chi connectivity index (χ2v) is 7.16. The molecule has 0 atom stereocenters. The van der Waals surface area contributed by atoms with Crippen LogP contribution in [0.5, 0.6) is 5.75 Å². The number of para-hydroxylation sites is 1. The van der Waals surface area contributed by atoms with Crippen molar-refractivity contribution in [3.05, 3.63) is 82.8 Å². The van der Waals surface area contributed by atoms with Crippen LogP contribution in [0.25, 0.3) is 22.1 Å². The molecule has 0 aliphatic carbocycles. The molecule has 0 aliphatic rings. The Hall–Kier alpha value is -4.13. The minimum absolute atomic E-state index is 0.0804. The van der Waals surface area contributed by atoms with Crippen LogP contribution in [0.1, 0.15) is 10.4 Å². The number of carbonyl (C=O) groups is 1. The lowest BCUT2D eigenvalue weighted by molar-refractivity contribution is 0.102. The average molecular weight is 415 g/mol. The van der Waals surface area contributed by atoms with Crippen molar-refractivity contribution in [2.75, 3.05) is 31.4 Å². The maximum atomic E-state index is 12.8. The molecule has 156 valence electrons. The van der Waals surface area contributed by atoms with Gasteiger partial charge in [0.1, 0.15) is 11.4 Å². The molecule has 0 saturated heterocycles. The molecule has 0 bridgehead atoms. The van der Waals surface area contributed by atoms with E-state index >= 15 is 0 Å². The van der Waals surface area contributed by atoms with Gasteiger partial charge in [-0.2, -0.15) is 0 Å². The molecule has 2 aromatic carbocycles. The van der Waals surface area contributed by atoms with Gasteiger partial charge >= 0.3 is 5.63 Å². The van der Waals surface area contributed by atoms with Gasteiger partial charge in [-0.05, 0) is 42.0 Å². The molecule has 0 unspecified atom stereocenters. The lowest BCUT2D eigenvalue weighted by Gasteiger charge is -2.12. The monoisotopic (exact) mass is 415 g/mol. The van der Waals surface area contributed by atoms with Gasteiger partial charge < -0.3 is 19.4 Å². The normalized spacial score (nSPS) is 10.7. The number of nitrogens with one attached hydrogen (secondary N) is 1. The van der Waals surface area contributed by atoms with E-state index in [1.807, 2.05) is 49.3 Å². The predicted molar refractivity (Wildman–Crippen MR) is 121 cm³/mol. The van der Waals surface area contributed by atoms with Gasteiger partial charge in [0, 0.05) is 36.9 Å². The summed E-state index contributed by atoms with van der Waals surface area (Å²) in [6.45, 7) is 0. The summed E-state index contributed by atoms with van der Waals surface area (Å²) in [7, 11) is 5.35. The first-order valence-electron chi connectivity index (χ1n) is 9.62. The third kappa shape index (κ3) is 4.11. The van der Waals surface area contributed by atoms with Gasteiger partial charge in [-0.1, -0.05) is 24.3 Å². The van der Waals surface area contributed by atoms with E-state index in [0.717, 1.165) is 16.9 Å². The largest absolute Gasteiger partial charge is 0.493 e. The number of benzene rings is 2. The molecule has 1 N–H and O–H groups in total. The summed E-state index contributed by atoms with van der Waals surface area (Å²) in [6.07, 6.45) is 1.78. The number of ether oxygens (including phenoxy) is 1. The Labute approximate surface area is 178 Å². The maximum Gasteiger partial charge on any atom is 0.349 e. The van der Waals surface area contributed by atoms with Crippen LogP contribution in [0.4, 0.5) is 11.5 Å². The number of nitrogens with zero attached hydrogens (tertiary/aromatic N) is 2. The number of carbonyl (C=O) groups excluding carboxylic acids is 1. The van der Waals surface area contributed by atoms with Crippen LogP contribution in [0, 0.1) is 0 Å². The van der Waals surface area contributed by atoms with E-state index in [4.69, 9.17) is 9.15 Å². The van der Waals surface area contributed by atoms with Crippen molar-refractivity contribution in [3.63, 3.8) is 0 Å². The molecule has 1 amide bonds. The van der Waals surface area contributed by atoms with E-state index < -0.39 is 11.5 Å². The Morgan fingerprint density at radius 1 is 1.03 bits per heavy atom. The van der Waals surface area contributed by atoms with Crippen molar-refractivity contribution in [1.29, 1.82) is 0 Å². The number of pyridine rings is 1. The Morgan fingerprint density at radius 2 is 1.84 bits per heavy atom. The second kappa shape index (κ2) is 8.31. The summed E-state index contributed by atoms with van der Waals surface area (Å²) in [6, 6.07) is 18.0. The quantitative estimate of drug-likeness (QED) is 0.492. The van der Waals surface area contributed by atoms with Crippen molar-refractivity contribution in [2.45, 2.75) is 0 Å². The predicted octanol–water partition coefficient (Wildman–Crippen LogP) is 4.18. The molecule has 0 radical (unpaired) electrons. The van der Waals surface area contributed by atoms with Gasteiger partial charge in [0.2, 0.25) is 0 Å². The summed E-state index contributed by atoms with van der Waals surface area (Å²) in [4.78, 5) is 31.5. The Balaban J connectivity index is 1.61. The van der Waals surface area contributed by atoms with Gasteiger partial charge in [-0.25, -0.2) is 9.78 Å². The SMILES string of the molecule is COc1cccc2cc(C(=O)Nc3cccc(-c4ccc(N(C)C)nc4)c3)c(=O)oc12. The molecular weight excluding hydrogens is 394 g/mol. The number of hydrogen-bond acceptors (Lipinski definition) is 6. The highest BCUT2D eigenvalue weighted by molar-refractivity contribution is 6.05. The lowest BCUT2D eigenvalue weighted by atomic mass is 10.1. The summed E-state index contributed by atoms with van der Waals surface area (Å²) in [5, 5.41) is 3.38. The van der Waals surface area contributed by atoms with E-state index in [0.29, 0.717) is 22.4 Å². The van der Waals surface area contributed by atoms with E-state index in [1.165, 1.54) is 13.2 Å². The maximum absolute atomic E-state index is 12.8. The zero-order chi connectivity index (χ0) is 22.0. The van der Waals surface area contributed by atoms with E-state index in [2.05, 4.69) is 10.3 Å². The number of aromatic nitrogens is 1. The second-order valence-electron chi connectivity index (χ2n) is 7.16. The lowest BCUT2D eigenvalue weighted by Crippen LogP contribution is -2.20. The van der Waals surface area contributed by atoms with Gasteiger partial charge in [-0.15, -0.1) is 0 Å². The molecule has 7 heteroatoms. The third-order valence-corrected chi connectivity index (χ3v) is 4.85. The summed E-state index contributed by atoms with van der Waals surface area (Å²) in [5.74, 6) is 0.743. The summed E-state index contributed by atoms with van der Waals surface area (Å²) >= 11 is 0. The van der Waals surface area contributed by atoms with Gasteiger partial charge in [0.25, 0.3) is 5.91 Å². The average Bonchev–Trinajstić information content (AvgIpc) is 2.78. The summed E-state index contributed by atoms with van der Waals surface area (Å²) < 4.78 is 10.6. The first-order chi connectivity index (χ1) is 15.0. The molecule has 4 aromatic rings. The zero-order valence-corrected chi connectivity index (χ0v) is 17.4. The number of amides is 1. The van der Waals surface area contributed by atoms with Crippen molar-refractivity contribution < 1.29 is 13.9 Å². The fourth-order valence-corrected chi connectivity index (χ4v) is 3.23. The van der Waals surface area contributed by atoms with Crippen molar-refractivity contribution in [2.24, 2.45) is 0 Å². The highest BCUT2D eigenvalue weighted by atomic mass is 16.5. The number of hydrogen-bond donors (Lipinski definition) is 1. The molecule has 0 fully saturated rings. The van der Waals surface area contributed by atoms with Crippen LogP contribution in [0.15, 0.2) is 76.1 Å². The van der Waals surface area contributed by atoms with Crippen molar-refractivity contribution in [3.8, 4) is 16.9 Å². The van der Waals surface area contributed by atoms with E-state index in [1.54, 1.807) is 30.5 Å². The fourth-order valence-electron chi connectivity index (χ4n) is 3.23. The molecule has 0 spiro atoms. The van der Waals surface area contributed by atoms with Crippen LogP contribution in [0.2, 0.25) is 0 Å². The van der Waals surface area contributed by atoms with Gasteiger partial charge in [0.15, 0.2) is 11.3 Å². The van der Waals surface area contributed by atoms with Crippen LogP contribution < -0.4 is 20.6 Å². The molecule has 2 heterocycles. The van der Waals surface area contributed by atoms with Crippen LogP contribution in [-0.2, 0) is 0 Å². The Morgan fingerprint density at radius 3 is 2.55 bits per heavy atom. The van der Waals surface area contributed by atoms with E-state index in [9.17, 15) is 9.59 Å². The standard InChI is InChI=1S/C24H21N3O4/c1-27(2)21-11-10-17(14-25-21)15-6-4-8-18(12-15)26-23(28)19-13-16-7-5-9-20(30-3)22(16)31-24(19)29/h4-14H,1-3H3,(H,26,28). The van der Waals surface area contributed by atoms with Crippen LogP contribution in [0.3, 0.4) is 0 Å². The number of methoxy groups -OCH3 is 1. The van der Waals surface area contributed by atoms with Crippen molar-refractivity contribution >= 4 is 28.4 Å². The molecule has 2 aromatic heterocycles. The highest BCUT2D eigenvalue weighted by Gasteiger charge is 2.16. The first kappa shape index (κ1) is 20.2. The Bertz CT molecular complexity index is 1310. The fraction of sp³-hybridized carbons (Fsp3) is 0.125. The molecular formula is C24H21N3O4. The van der Waals surface area contributed by atoms with Crippen molar-refractivity contribution in [1.82, 2.24) is 4.98 Å². The van der Waals surface area contributed by atoms with E-state index in [-0.39, 0.29) is 5.56 Å². The first-order valence-corrected chi connectivity index (χ1v) is 9.62. The smallest absolute Gasteiger partial charge is 0.349 e. The van der Waals surface area contributed by atoms with Crippen LogP contribution >= 0.6 is 0 Å². The minimum atomic E-state index is -0.728. The van der Waals surface area contributed by atoms with Crippen LogP contribution in [-0.4, -0.2) is 32.1 Å². The Kier molecular flexibility index (Phi) is 5.41. The zero-order valence-electron chi connectivity index (χ0n) is 17.4. The van der Waals surface area contributed by atoms with Gasteiger partial charge in [-0.3, -0.25) is 4.79 Å². The topological polar surface area (TPSA) is 84.7 Å². The number of anilines is 2. The number of fused-ring (bicyclic) bond motifs is 1. The molecule has 7 nitrogen and oxygen atoms in total. The van der Waals surface area contributed by atoms with Gasteiger partial charge in [0.05, 0.1) is 7.11 Å². The molecule has 0 aliphatic heterocycles. The summed E-state index contributed by atoms with van der Waals surface area (Å²) in [5.41, 5.74) is 1.87. The number of rotatable bonds is 5. The highest BCUT2D eigenvalue weighted by Crippen LogP contribution is 2.26. The molecule has 0 saturated carbocycles. The molecule has 4 rings (SSSR count). The minimum Gasteiger partial charge on any atom is -0.493 e.